The maximum absolute atomic E-state index is 12.6. The fourth-order valence-corrected chi connectivity index (χ4v) is 4.52. The van der Waals surface area contributed by atoms with Crippen LogP contribution >= 0.6 is 0 Å². The zero-order chi connectivity index (χ0) is 15.0. The van der Waals surface area contributed by atoms with Crippen LogP contribution in [-0.4, -0.2) is 66.5 Å². The van der Waals surface area contributed by atoms with Crippen molar-refractivity contribution >= 4 is 16.2 Å². The number of piperidine rings is 1. The quantitative estimate of drug-likeness (QED) is 0.801. The van der Waals surface area contributed by atoms with E-state index in [0.29, 0.717) is 39.1 Å². The second kappa shape index (κ2) is 5.59. The van der Waals surface area contributed by atoms with Gasteiger partial charge in [-0.05, 0) is 26.7 Å². The van der Waals surface area contributed by atoms with Gasteiger partial charge in [0.1, 0.15) is 0 Å². The number of carboxylic acid groups (broad SMARTS) is 1. The van der Waals surface area contributed by atoms with Crippen LogP contribution in [0.25, 0.3) is 0 Å². The number of hydrogen-bond donors (Lipinski definition) is 1. The van der Waals surface area contributed by atoms with E-state index in [2.05, 4.69) is 0 Å². The van der Waals surface area contributed by atoms with Gasteiger partial charge in [-0.1, -0.05) is 0 Å². The Morgan fingerprint density at radius 2 is 2.00 bits per heavy atom. The van der Waals surface area contributed by atoms with Crippen molar-refractivity contribution in [1.29, 1.82) is 0 Å². The fourth-order valence-electron chi connectivity index (χ4n) is 2.69. The molecule has 2 fully saturated rings. The summed E-state index contributed by atoms with van der Waals surface area (Å²) < 4.78 is 33.4. The highest BCUT2D eigenvalue weighted by molar-refractivity contribution is 7.86. The molecule has 0 spiro atoms. The van der Waals surface area contributed by atoms with E-state index in [1.807, 2.05) is 13.8 Å². The summed E-state index contributed by atoms with van der Waals surface area (Å²) in [6.07, 6.45) is 1.12. The Morgan fingerprint density at radius 1 is 1.30 bits per heavy atom. The van der Waals surface area contributed by atoms with Crippen LogP contribution in [-0.2, 0) is 19.7 Å². The smallest absolute Gasteiger partial charge is 0.307 e. The van der Waals surface area contributed by atoms with E-state index in [1.165, 1.54) is 8.61 Å². The molecule has 0 amide bonds. The van der Waals surface area contributed by atoms with E-state index in [0.717, 1.165) is 0 Å². The van der Waals surface area contributed by atoms with Crippen LogP contribution in [0.5, 0.6) is 0 Å². The molecular formula is C12H22N2O5S. The van der Waals surface area contributed by atoms with E-state index >= 15 is 0 Å². The first-order valence-corrected chi connectivity index (χ1v) is 8.24. The SMILES string of the molecule is CC1(C)CN(S(=O)(=O)N2CCCC(C(=O)O)C2)CCO1. The number of morpholine rings is 1. The highest BCUT2D eigenvalue weighted by Crippen LogP contribution is 2.25. The fraction of sp³-hybridized carbons (Fsp3) is 0.917. The zero-order valence-electron chi connectivity index (χ0n) is 11.9. The monoisotopic (exact) mass is 306 g/mol. The van der Waals surface area contributed by atoms with Gasteiger partial charge in [-0.25, -0.2) is 0 Å². The van der Waals surface area contributed by atoms with Crippen molar-refractivity contribution in [3.8, 4) is 0 Å². The Morgan fingerprint density at radius 3 is 2.60 bits per heavy atom. The van der Waals surface area contributed by atoms with Gasteiger partial charge in [-0.15, -0.1) is 0 Å². The van der Waals surface area contributed by atoms with Gasteiger partial charge in [0, 0.05) is 26.2 Å². The topological polar surface area (TPSA) is 87.2 Å². The molecule has 1 atom stereocenters. The molecule has 0 radical (unpaired) electrons. The predicted molar refractivity (Wildman–Crippen MR) is 72.5 cm³/mol. The molecule has 2 aliphatic rings. The number of ether oxygens (including phenoxy) is 1. The van der Waals surface area contributed by atoms with Gasteiger partial charge in [0.25, 0.3) is 10.2 Å². The molecule has 2 rings (SSSR count). The van der Waals surface area contributed by atoms with Crippen LogP contribution in [0.4, 0.5) is 0 Å². The van der Waals surface area contributed by atoms with Gasteiger partial charge in [0.15, 0.2) is 0 Å². The zero-order valence-corrected chi connectivity index (χ0v) is 12.7. The standard InChI is InChI=1S/C12H22N2O5S/c1-12(2)9-14(6-7-19-12)20(17,18)13-5-3-4-10(8-13)11(15)16/h10H,3-9H2,1-2H3,(H,15,16). The Bertz CT molecular complexity index is 476. The lowest BCUT2D eigenvalue weighted by atomic mass is 10.0. The van der Waals surface area contributed by atoms with Crippen LogP contribution < -0.4 is 0 Å². The maximum Gasteiger partial charge on any atom is 0.307 e. The predicted octanol–water partition coefficient (Wildman–Crippen LogP) is 0.139. The van der Waals surface area contributed by atoms with Crippen molar-refractivity contribution in [1.82, 2.24) is 8.61 Å². The third kappa shape index (κ3) is 3.30. The van der Waals surface area contributed by atoms with Crippen LogP contribution in [0.1, 0.15) is 26.7 Å². The molecule has 0 saturated carbocycles. The third-order valence-corrected chi connectivity index (χ3v) is 5.73. The van der Waals surface area contributed by atoms with Gasteiger partial charge in [-0.2, -0.15) is 17.0 Å². The van der Waals surface area contributed by atoms with Crippen LogP contribution in [0.15, 0.2) is 0 Å². The molecule has 0 aromatic heterocycles. The van der Waals surface area contributed by atoms with E-state index in [1.54, 1.807) is 0 Å². The maximum atomic E-state index is 12.6. The average molecular weight is 306 g/mol. The van der Waals surface area contributed by atoms with Gasteiger partial charge in [-0.3, -0.25) is 4.79 Å². The molecule has 0 aliphatic carbocycles. The number of aliphatic carboxylic acids is 1. The summed E-state index contributed by atoms with van der Waals surface area (Å²) in [4.78, 5) is 11.1. The second-order valence-electron chi connectivity index (χ2n) is 5.98. The average Bonchev–Trinajstić information content (AvgIpc) is 2.37. The summed E-state index contributed by atoms with van der Waals surface area (Å²) in [7, 11) is -3.60. The first kappa shape index (κ1) is 15.7. The Kier molecular flexibility index (Phi) is 4.38. The number of carbonyl (C=O) groups is 1. The largest absolute Gasteiger partial charge is 0.481 e. The highest BCUT2D eigenvalue weighted by Gasteiger charge is 2.40. The van der Waals surface area contributed by atoms with E-state index in [-0.39, 0.29) is 6.54 Å². The van der Waals surface area contributed by atoms with Gasteiger partial charge >= 0.3 is 5.97 Å². The normalized spacial score (nSPS) is 29.2. The molecule has 2 aliphatic heterocycles. The first-order valence-electron chi connectivity index (χ1n) is 6.84. The first-order chi connectivity index (χ1) is 9.22. The van der Waals surface area contributed by atoms with Gasteiger partial charge in [0.05, 0.1) is 18.1 Å². The summed E-state index contributed by atoms with van der Waals surface area (Å²) in [5.74, 6) is -1.53. The van der Waals surface area contributed by atoms with Crippen molar-refractivity contribution in [3.05, 3.63) is 0 Å². The molecule has 8 heteroatoms. The molecule has 2 heterocycles. The molecule has 7 nitrogen and oxygen atoms in total. The Hall–Kier alpha value is -0.700. The minimum atomic E-state index is -3.60. The molecule has 116 valence electrons. The van der Waals surface area contributed by atoms with Crippen LogP contribution in [0.3, 0.4) is 0 Å². The molecule has 1 N–H and O–H groups in total. The van der Waals surface area contributed by atoms with Crippen LogP contribution in [0.2, 0.25) is 0 Å². The summed E-state index contributed by atoms with van der Waals surface area (Å²) in [6, 6.07) is 0. The molecule has 2 saturated heterocycles. The summed E-state index contributed by atoms with van der Waals surface area (Å²) >= 11 is 0. The lowest BCUT2D eigenvalue weighted by Crippen LogP contribution is -2.56. The Balaban J connectivity index is 2.11. The minimum Gasteiger partial charge on any atom is -0.481 e. The number of nitrogens with zero attached hydrogens (tertiary/aromatic N) is 2. The summed E-state index contributed by atoms with van der Waals surface area (Å²) in [5, 5.41) is 9.06. The van der Waals surface area contributed by atoms with Crippen molar-refractivity contribution in [2.75, 3.05) is 32.8 Å². The molecule has 20 heavy (non-hydrogen) atoms. The van der Waals surface area contributed by atoms with Gasteiger partial charge in [0.2, 0.25) is 0 Å². The van der Waals surface area contributed by atoms with Crippen molar-refractivity contribution in [2.45, 2.75) is 32.3 Å². The second-order valence-corrected chi connectivity index (χ2v) is 7.91. The van der Waals surface area contributed by atoms with E-state index < -0.39 is 27.7 Å². The third-order valence-electron chi connectivity index (χ3n) is 3.78. The van der Waals surface area contributed by atoms with Gasteiger partial charge < -0.3 is 9.84 Å². The van der Waals surface area contributed by atoms with Crippen molar-refractivity contribution in [2.24, 2.45) is 5.92 Å². The van der Waals surface area contributed by atoms with Crippen molar-refractivity contribution in [3.63, 3.8) is 0 Å². The number of carboxylic acids is 1. The Labute approximate surface area is 119 Å². The molecule has 0 bridgehead atoms. The summed E-state index contributed by atoms with van der Waals surface area (Å²) in [6.45, 7) is 5.14. The molecule has 0 aromatic carbocycles. The lowest BCUT2D eigenvalue weighted by Gasteiger charge is -2.40. The van der Waals surface area contributed by atoms with Crippen LogP contribution in [0, 0.1) is 5.92 Å². The number of hydrogen-bond acceptors (Lipinski definition) is 4. The highest BCUT2D eigenvalue weighted by atomic mass is 32.2. The van der Waals surface area contributed by atoms with E-state index in [9.17, 15) is 13.2 Å². The molecule has 1 unspecified atom stereocenters. The van der Waals surface area contributed by atoms with E-state index in [4.69, 9.17) is 9.84 Å². The molecule has 0 aromatic rings. The lowest BCUT2D eigenvalue weighted by molar-refractivity contribution is -0.142. The molecular weight excluding hydrogens is 284 g/mol. The van der Waals surface area contributed by atoms with Crippen molar-refractivity contribution < 1.29 is 23.1 Å². The summed E-state index contributed by atoms with van der Waals surface area (Å²) in [5.41, 5.74) is -0.507. The minimum absolute atomic E-state index is 0.0649. The number of rotatable bonds is 3.